The normalized spacial score (nSPS) is 11.7. The molecule has 0 saturated carbocycles. The summed E-state index contributed by atoms with van der Waals surface area (Å²) in [5.74, 6) is -3.52. The Bertz CT molecular complexity index is 629. The maximum Gasteiger partial charge on any atom is 0.312 e. The van der Waals surface area contributed by atoms with E-state index in [0.29, 0.717) is 48.2 Å². The molecule has 4 N–H and O–H groups in total. The minimum atomic E-state index is -2.51. The molecular formula is C17H23F2N3O4S. The van der Waals surface area contributed by atoms with Crippen molar-refractivity contribution < 1.29 is 27.9 Å². The van der Waals surface area contributed by atoms with Gasteiger partial charge in [-0.3, -0.25) is 9.59 Å². The van der Waals surface area contributed by atoms with E-state index in [9.17, 15) is 23.2 Å². The zero-order chi connectivity index (χ0) is 20.2. The molecule has 0 aliphatic heterocycles. The average Bonchev–Trinajstić information content (AvgIpc) is 2.58. The number of unbranched alkanes of at least 4 members (excludes halogenated alkanes) is 2. The van der Waals surface area contributed by atoms with E-state index in [-0.39, 0.29) is 6.42 Å². The fourth-order valence-corrected chi connectivity index (χ4v) is 2.55. The number of hydrogen-bond donors (Lipinski definition) is 3. The van der Waals surface area contributed by atoms with Gasteiger partial charge in [-0.1, -0.05) is 18.2 Å². The van der Waals surface area contributed by atoms with E-state index in [2.05, 4.69) is 10.6 Å². The molecule has 0 unspecified atom stereocenters. The van der Waals surface area contributed by atoms with Crippen LogP contribution in [0.3, 0.4) is 0 Å². The van der Waals surface area contributed by atoms with Gasteiger partial charge in [-0.25, -0.2) is 4.79 Å². The Balaban J connectivity index is 2.28. The Labute approximate surface area is 160 Å². The van der Waals surface area contributed by atoms with E-state index in [4.69, 9.17) is 10.5 Å². The van der Waals surface area contributed by atoms with Gasteiger partial charge in [0.05, 0.1) is 0 Å². The maximum absolute atomic E-state index is 12.3. The van der Waals surface area contributed by atoms with Gasteiger partial charge in [-0.05, 0) is 44.0 Å². The first-order valence-electron chi connectivity index (χ1n) is 8.36. The van der Waals surface area contributed by atoms with Gasteiger partial charge in [0.25, 0.3) is 11.7 Å². The predicted molar refractivity (Wildman–Crippen MR) is 98.5 cm³/mol. The number of amides is 3. The van der Waals surface area contributed by atoms with Crippen LogP contribution in [0.15, 0.2) is 29.2 Å². The molecule has 0 radical (unpaired) electrons. The van der Waals surface area contributed by atoms with E-state index >= 15 is 0 Å². The second kappa shape index (κ2) is 12.1. The number of urea groups is 1. The quantitative estimate of drug-likeness (QED) is 0.299. The van der Waals surface area contributed by atoms with Gasteiger partial charge in [0, 0.05) is 23.5 Å². The van der Waals surface area contributed by atoms with E-state index in [1.807, 2.05) is 0 Å². The lowest BCUT2D eigenvalue weighted by Gasteiger charge is -2.14. The monoisotopic (exact) mass is 403 g/mol. The van der Waals surface area contributed by atoms with Gasteiger partial charge in [-0.2, -0.15) is 8.78 Å². The number of anilines is 1. The highest BCUT2D eigenvalue weighted by atomic mass is 32.2. The van der Waals surface area contributed by atoms with Crippen molar-refractivity contribution >= 4 is 35.4 Å². The Hall–Kier alpha value is -2.36. The van der Waals surface area contributed by atoms with Gasteiger partial charge in [0.2, 0.25) is 0 Å². The summed E-state index contributed by atoms with van der Waals surface area (Å²) < 4.78 is 29.6. The third-order valence-electron chi connectivity index (χ3n) is 3.38. The summed E-state index contributed by atoms with van der Waals surface area (Å²) in [4.78, 5) is 34.6. The summed E-state index contributed by atoms with van der Waals surface area (Å²) in [5.41, 5.74) is 5.35. The summed E-state index contributed by atoms with van der Waals surface area (Å²) in [7, 11) is 0. The lowest BCUT2D eigenvalue weighted by molar-refractivity contribution is -0.153. The van der Waals surface area contributed by atoms with Crippen LogP contribution in [0.25, 0.3) is 0 Å². The number of carbonyl (C=O) groups is 3. The van der Waals surface area contributed by atoms with Crippen molar-refractivity contribution in [2.75, 3.05) is 11.9 Å². The van der Waals surface area contributed by atoms with Crippen LogP contribution in [0, 0.1) is 0 Å². The molecule has 27 heavy (non-hydrogen) atoms. The lowest BCUT2D eigenvalue weighted by Crippen LogP contribution is -2.30. The molecule has 0 saturated heterocycles. The molecule has 0 aliphatic rings. The standard InChI is InChI=1S/C17H23F2N3O4S/c1-11(26-14(23)5-3-2-4-10-21-17(20)25)15(24)22-12-6-8-13(9-7-12)27-16(18)19/h6-9,11,16H,2-5,10H2,1H3,(H,22,24)(H3,20,21,25)/t11-/m0/s1. The maximum atomic E-state index is 12.3. The fourth-order valence-electron chi connectivity index (χ4n) is 2.06. The highest BCUT2D eigenvalue weighted by Crippen LogP contribution is 2.26. The smallest absolute Gasteiger partial charge is 0.312 e. The molecule has 0 heterocycles. The number of alkyl halides is 2. The molecule has 10 heteroatoms. The molecule has 3 amide bonds. The SMILES string of the molecule is C[C@H](OC(=O)CCCCCNC(N)=O)C(=O)Nc1ccc(SC(F)F)cc1. The van der Waals surface area contributed by atoms with Gasteiger partial charge < -0.3 is 21.1 Å². The third kappa shape index (κ3) is 10.4. The molecule has 1 aromatic rings. The molecule has 0 fully saturated rings. The first-order chi connectivity index (χ1) is 12.8. The zero-order valence-corrected chi connectivity index (χ0v) is 15.7. The van der Waals surface area contributed by atoms with E-state index in [1.165, 1.54) is 31.2 Å². The van der Waals surface area contributed by atoms with Crippen molar-refractivity contribution in [1.82, 2.24) is 5.32 Å². The number of hydrogen-bond acceptors (Lipinski definition) is 5. The summed E-state index contributed by atoms with van der Waals surface area (Å²) in [6, 6.07) is 5.35. The van der Waals surface area contributed by atoms with Crippen LogP contribution in [-0.4, -0.2) is 36.3 Å². The van der Waals surface area contributed by atoms with Crippen molar-refractivity contribution in [1.29, 1.82) is 0 Å². The van der Waals surface area contributed by atoms with Crippen LogP contribution in [0.5, 0.6) is 0 Å². The third-order valence-corrected chi connectivity index (χ3v) is 4.10. The first-order valence-corrected chi connectivity index (χ1v) is 9.24. The molecule has 0 aliphatic carbocycles. The minimum absolute atomic E-state index is 0.160. The number of thioether (sulfide) groups is 1. The molecule has 0 spiro atoms. The van der Waals surface area contributed by atoms with Gasteiger partial charge >= 0.3 is 12.0 Å². The molecule has 7 nitrogen and oxygen atoms in total. The number of nitrogens with one attached hydrogen (secondary N) is 2. The number of esters is 1. The average molecular weight is 403 g/mol. The fraction of sp³-hybridized carbons (Fsp3) is 0.471. The molecular weight excluding hydrogens is 380 g/mol. The summed E-state index contributed by atoms with van der Waals surface area (Å²) in [6.07, 6.45) is 1.14. The Morgan fingerprint density at radius 1 is 1.15 bits per heavy atom. The number of nitrogens with two attached hydrogens (primary N) is 1. The van der Waals surface area contributed by atoms with Crippen LogP contribution in [0.4, 0.5) is 19.3 Å². The van der Waals surface area contributed by atoms with Crippen LogP contribution in [-0.2, 0) is 14.3 Å². The molecule has 1 rings (SSSR count). The first kappa shape index (κ1) is 22.7. The Morgan fingerprint density at radius 3 is 2.41 bits per heavy atom. The second-order valence-corrected chi connectivity index (χ2v) is 6.69. The van der Waals surface area contributed by atoms with Gasteiger partial charge in [0.1, 0.15) is 0 Å². The van der Waals surface area contributed by atoms with E-state index in [1.54, 1.807) is 0 Å². The number of rotatable bonds is 11. The molecule has 0 bridgehead atoms. The number of halogens is 2. The zero-order valence-electron chi connectivity index (χ0n) is 14.9. The molecule has 1 aromatic carbocycles. The highest BCUT2D eigenvalue weighted by Gasteiger charge is 2.17. The van der Waals surface area contributed by atoms with Crippen molar-refractivity contribution in [3.8, 4) is 0 Å². The summed E-state index contributed by atoms with van der Waals surface area (Å²) in [6.45, 7) is 1.89. The minimum Gasteiger partial charge on any atom is -0.453 e. The largest absolute Gasteiger partial charge is 0.453 e. The predicted octanol–water partition coefficient (Wildman–Crippen LogP) is 3.10. The van der Waals surface area contributed by atoms with Crippen molar-refractivity contribution in [2.45, 2.75) is 49.4 Å². The Morgan fingerprint density at radius 2 is 1.81 bits per heavy atom. The molecule has 150 valence electrons. The van der Waals surface area contributed by atoms with Crippen molar-refractivity contribution in [3.63, 3.8) is 0 Å². The lowest BCUT2D eigenvalue weighted by atomic mass is 10.2. The number of benzene rings is 1. The topological polar surface area (TPSA) is 111 Å². The molecule has 1 atom stereocenters. The van der Waals surface area contributed by atoms with Crippen molar-refractivity contribution in [3.05, 3.63) is 24.3 Å². The molecule has 0 aromatic heterocycles. The Kier molecular flexibility index (Phi) is 10.2. The van der Waals surface area contributed by atoms with Crippen molar-refractivity contribution in [2.24, 2.45) is 5.73 Å². The highest BCUT2D eigenvalue weighted by molar-refractivity contribution is 7.99. The number of carbonyl (C=O) groups excluding carboxylic acids is 3. The van der Waals surface area contributed by atoms with E-state index in [0.717, 1.165) is 0 Å². The van der Waals surface area contributed by atoms with Gasteiger partial charge in [-0.15, -0.1) is 0 Å². The summed E-state index contributed by atoms with van der Waals surface area (Å²) in [5, 5.41) is 5.01. The van der Waals surface area contributed by atoms with Crippen LogP contribution < -0.4 is 16.4 Å². The van der Waals surface area contributed by atoms with Crippen LogP contribution >= 0.6 is 11.8 Å². The second-order valence-electron chi connectivity index (χ2n) is 5.63. The van der Waals surface area contributed by atoms with Crippen LogP contribution in [0.1, 0.15) is 32.6 Å². The number of ether oxygens (including phenoxy) is 1. The van der Waals surface area contributed by atoms with E-state index < -0.39 is 29.8 Å². The van der Waals surface area contributed by atoms with Crippen LogP contribution in [0.2, 0.25) is 0 Å². The van der Waals surface area contributed by atoms with Gasteiger partial charge in [0.15, 0.2) is 6.10 Å². The number of primary amides is 1. The summed E-state index contributed by atoms with van der Waals surface area (Å²) >= 11 is 0.412.